The third-order valence-corrected chi connectivity index (χ3v) is 2.76. The van der Waals surface area contributed by atoms with Crippen molar-refractivity contribution in [3.63, 3.8) is 0 Å². The molecule has 0 spiro atoms. The molecule has 0 aromatic heterocycles. The van der Waals surface area contributed by atoms with E-state index in [-0.39, 0.29) is 5.91 Å². The second-order valence-electron chi connectivity index (χ2n) is 2.71. The summed E-state index contributed by atoms with van der Waals surface area (Å²) in [5.41, 5.74) is 6.02. The van der Waals surface area contributed by atoms with E-state index in [1.54, 1.807) is 0 Å². The van der Waals surface area contributed by atoms with E-state index in [0.29, 0.717) is 13.0 Å². The van der Waals surface area contributed by atoms with Gasteiger partial charge in [0.05, 0.1) is 5.69 Å². The van der Waals surface area contributed by atoms with Crippen LogP contribution in [-0.2, 0) is 4.79 Å². The Morgan fingerprint density at radius 2 is 2.14 bits per heavy atom. The van der Waals surface area contributed by atoms with Gasteiger partial charge in [-0.3, -0.25) is 4.79 Å². The number of nitrogens with two attached hydrogens (primary N) is 1. The molecule has 0 aliphatic heterocycles. The number of carbonyl (C=O) groups is 1. The summed E-state index contributed by atoms with van der Waals surface area (Å²) in [4.78, 5) is 11.2. The molecule has 0 unspecified atom stereocenters. The minimum atomic E-state index is -0.0775. The molecule has 0 aliphatic carbocycles. The van der Waals surface area contributed by atoms with Gasteiger partial charge in [0.15, 0.2) is 0 Å². The first-order valence-electron chi connectivity index (χ1n) is 4.08. The van der Waals surface area contributed by atoms with Gasteiger partial charge in [-0.05, 0) is 34.1 Å². The Bertz CT molecular complexity index is 342. The van der Waals surface area contributed by atoms with Crippen LogP contribution in [0.25, 0.3) is 0 Å². The van der Waals surface area contributed by atoms with Crippen LogP contribution in [0.1, 0.15) is 6.42 Å². The number of halogens is 2. The summed E-state index contributed by atoms with van der Waals surface area (Å²) in [6.45, 7) is 0.359. The summed E-state index contributed by atoms with van der Waals surface area (Å²) in [5, 5.41) is 2.76. The summed E-state index contributed by atoms with van der Waals surface area (Å²) < 4.78 is 1.77. The number of rotatable bonds is 3. The van der Waals surface area contributed by atoms with Crippen molar-refractivity contribution in [3.05, 3.63) is 27.1 Å². The minimum absolute atomic E-state index is 0.0775. The van der Waals surface area contributed by atoms with E-state index in [9.17, 15) is 4.79 Å². The van der Waals surface area contributed by atoms with Crippen LogP contribution in [0.3, 0.4) is 0 Å². The van der Waals surface area contributed by atoms with Crippen molar-refractivity contribution in [2.45, 2.75) is 6.42 Å². The fourth-order valence-corrected chi connectivity index (χ4v) is 1.64. The Balaban J connectivity index is 2.75. The monoisotopic (exact) mass is 320 g/mol. The van der Waals surface area contributed by atoms with E-state index < -0.39 is 0 Å². The van der Waals surface area contributed by atoms with Gasteiger partial charge in [0.1, 0.15) is 0 Å². The molecule has 76 valence electrons. The zero-order valence-electron chi connectivity index (χ0n) is 7.39. The lowest BCUT2D eigenvalue weighted by atomic mass is 10.3. The molecule has 5 heteroatoms. The Hall–Kier alpha value is -0.390. The van der Waals surface area contributed by atoms with Gasteiger partial charge in [0.2, 0.25) is 5.91 Å². The Morgan fingerprint density at radius 3 is 2.79 bits per heavy atom. The molecular formula is C9H10Br2N2O. The van der Waals surface area contributed by atoms with E-state index in [2.05, 4.69) is 37.2 Å². The number of anilines is 1. The number of hydrogen-bond acceptors (Lipinski definition) is 2. The number of carbonyl (C=O) groups excluding carboxylic acids is 1. The van der Waals surface area contributed by atoms with E-state index in [0.717, 1.165) is 14.6 Å². The van der Waals surface area contributed by atoms with Crippen molar-refractivity contribution in [3.8, 4) is 0 Å². The summed E-state index contributed by atoms with van der Waals surface area (Å²) in [7, 11) is 0. The highest BCUT2D eigenvalue weighted by Crippen LogP contribution is 2.26. The largest absolute Gasteiger partial charge is 0.330 e. The van der Waals surface area contributed by atoms with Gasteiger partial charge in [-0.1, -0.05) is 15.9 Å². The molecule has 3 N–H and O–H groups in total. The van der Waals surface area contributed by atoms with E-state index in [4.69, 9.17) is 5.73 Å². The zero-order valence-corrected chi connectivity index (χ0v) is 10.6. The summed E-state index contributed by atoms with van der Waals surface area (Å²) in [6.07, 6.45) is 0.332. The quantitative estimate of drug-likeness (QED) is 0.898. The van der Waals surface area contributed by atoms with Gasteiger partial charge in [-0.15, -0.1) is 0 Å². The lowest BCUT2D eigenvalue weighted by molar-refractivity contribution is -0.116. The molecule has 1 aromatic rings. The maximum absolute atomic E-state index is 11.2. The van der Waals surface area contributed by atoms with E-state index in [1.807, 2.05) is 18.2 Å². The Kier molecular flexibility index (Phi) is 4.57. The smallest absolute Gasteiger partial charge is 0.225 e. The molecule has 0 aliphatic rings. The van der Waals surface area contributed by atoms with Gasteiger partial charge in [-0.2, -0.15) is 0 Å². The lowest BCUT2D eigenvalue weighted by Crippen LogP contribution is -2.16. The van der Waals surface area contributed by atoms with Crippen molar-refractivity contribution in [1.29, 1.82) is 0 Å². The lowest BCUT2D eigenvalue weighted by Gasteiger charge is -2.06. The van der Waals surface area contributed by atoms with Crippen molar-refractivity contribution >= 4 is 43.5 Å². The predicted molar refractivity (Wildman–Crippen MR) is 64.1 cm³/mol. The average molecular weight is 322 g/mol. The van der Waals surface area contributed by atoms with Crippen LogP contribution in [0.5, 0.6) is 0 Å². The molecule has 1 aromatic carbocycles. The fraction of sp³-hybridized carbons (Fsp3) is 0.222. The second-order valence-corrected chi connectivity index (χ2v) is 4.48. The van der Waals surface area contributed by atoms with Crippen molar-refractivity contribution in [1.82, 2.24) is 0 Å². The van der Waals surface area contributed by atoms with Gasteiger partial charge in [0.25, 0.3) is 0 Å². The Labute approximate surface area is 99.3 Å². The molecule has 0 saturated heterocycles. The predicted octanol–water partition coefficient (Wildman–Crippen LogP) is 2.50. The molecule has 1 rings (SSSR count). The molecule has 0 heterocycles. The summed E-state index contributed by atoms with van der Waals surface area (Å²) in [5.74, 6) is -0.0775. The maximum Gasteiger partial charge on any atom is 0.225 e. The van der Waals surface area contributed by atoms with Crippen LogP contribution < -0.4 is 11.1 Å². The maximum atomic E-state index is 11.2. The summed E-state index contributed by atoms with van der Waals surface area (Å²) >= 11 is 6.67. The van der Waals surface area contributed by atoms with Gasteiger partial charge in [0, 0.05) is 21.9 Å². The molecule has 3 nitrogen and oxygen atoms in total. The second kappa shape index (κ2) is 5.48. The molecular weight excluding hydrogens is 312 g/mol. The van der Waals surface area contributed by atoms with Gasteiger partial charge in [-0.25, -0.2) is 0 Å². The topological polar surface area (TPSA) is 55.1 Å². The van der Waals surface area contributed by atoms with Crippen LogP contribution in [0.15, 0.2) is 27.1 Å². The third-order valence-electron chi connectivity index (χ3n) is 1.57. The highest BCUT2D eigenvalue weighted by atomic mass is 79.9. The average Bonchev–Trinajstić information content (AvgIpc) is 2.12. The fourth-order valence-electron chi connectivity index (χ4n) is 0.937. The molecule has 0 bridgehead atoms. The van der Waals surface area contributed by atoms with Crippen molar-refractivity contribution in [2.24, 2.45) is 5.73 Å². The summed E-state index contributed by atoms with van der Waals surface area (Å²) in [6, 6.07) is 5.59. The van der Waals surface area contributed by atoms with Crippen LogP contribution in [0.4, 0.5) is 5.69 Å². The normalized spacial score (nSPS) is 9.93. The van der Waals surface area contributed by atoms with E-state index >= 15 is 0 Å². The van der Waals surface area contributed by atoms with Crippen LogP contribution in [0.2, 0.25) is 0 Å². The molecule has 1 amide bonds. The third kappa shape index (κ3) is 3.40. The van der Waals surface area contributed by atoms with E-state index in [1.165, 1.54) is 0 Å². The number of benzene rings is 1. The van der Waals surface area contributed by atoms with Crippen molar-refractivity contribution in [2.75, 3.05) is 11.9 Å². The first-order chi connectivity index (χ1) is 6.63. The first-order valence-corrected chi connectivity index (χ1v) is 5.67. The van der Waals surface area contributed by atoms with Crippen molar-refractivity contribution < 1.29 is 4.79 Å². The molecule has 0 saturated carbocycles. The highest BCUT2D eigenvalue weighted by Gasteiger charge is 2.04. The number of hydrogen-bond donors (Lipinski definition) is 2. The molecule has 0 atom stereocenters. The molecule has 0 radical (unpaired) electrons. The minimum Gasteiger partial charge on any atom is -0.330 e. The van der Waals surface area contributed by atoms with Crippen LogP contribution in [-0.4, -0.2) is 12.5 Å². The van der Waals surface area contributed by atoms with Crippen LogP contribution >= 0.6 is 31.9 Å². The number of amides is 1. The Morgan fingerprint density at radius 1 is 1.43 bits per heavy atom. The zero-order chi connectivity index (χ0) is 10.6. The molecule has 14 heavy (non-hydrogen) atoms. The standard InChI is InChI=1S/C9H10Br2N2O/c10-6-1-2-7(11)8(5-6)13-9(14)3-4-12/h1-2,5H,3-4,12H2,(H,13,14). The SMILES string of the molecule is NCCC(=O)Nc1cc(Br)ccc1Br. The first kappa shape index (κ1) is 11.7. The number of nitrogens with one attached hydrogen (secondary N) is 1. The van der Waals surface area contributed by atoms with Gasteiger partial charge >= 0.3 is 0 Å². The molecule has 0 fully saturated rings. The van der Waals surface area contributed by atoms with Gasteiger partial charge < -0.3 is 11.1 Å². The van der Waals surface area contributed by atoms with Crippen LogP contribution in [0, 0.1) is 0 Å². The highest BCUT2D eigenvalue weighted by molar-refractivity contribution is 9.11.